The molecule has 11 heteroatoms. The summed E-state index contributed by atoms with van der Waals surface area (Å²) in [5.74, 6) is -4.80. The van der Waals surface area contributed by atoms with Gasteiger partial charge in [0.15, 0.2) is 5.41 Å². The summed E-state index contributed by atoms with van der Waals surface area (Å²) in [4.78, 5) is 46.5. The number of carbonyl (C=O) groups is 4. The molecule has 0 bridgehead atoms. The molecule has 0 aromatic rings. The molecule has 10 nitrogen and oxygen atoms in total. The van der Waals surface area contributed by atoms with Crippen molar-refractivity contribution in [1.29, 1.82) is 0 Å². The Morgan fingerprint density at radius 1 is 0.846 bits per heavy atom. The Bertz CT molecular complexity index is 456. The van der Waals surface area contributed by atoms with Crippen molar-refractivity contribution in [2.24, 2.45) is 5.41 Å². The fraction of sp³-hybridized carbons (Fsp3) is 0.733. The molecule has 0 fully saturated rings. The van der Waals surface area contributed by atoms with Gasteiger partial charge in [-0.2, -0.15) is 0 Å². The Labute approximate surface area is 161 Å². The van der Waals surface area contributed by atoms with Gasteiger partial charge in [-0.3, -0.25) is 9.59 Å². The largest absolute Gasteiger partial charge is 2.00 e. The molecule has 0 aromatic carbocycles. The van der Waals surface area contributed by atoms with E-state index >= 15 is 0 Å². The molecule has 0 amide bonds. The van der Waals surface area contributed by atoms with E-state index in [0.29, 0.717) is 0 Å². The first-order valence-electron chi connectivity index (χ1n) is 7.85. The Kier molecular flexibility index (Phi) is 12.9. The summed E-state index contributed by atoms with van der Waals surface area (Å²) in [5, 5.41) is 26.7. The third-order valence-electron chi connectivity index (χ3n) is 3.46. The first-order chi connectivity index (χ1) is 11.6. The van der Waals surface area contributed by atoms with Crippen molar-refractivity contribution in [3.05, 3.63) is 0 Å². The minimum Gasteiger partial charge on any atom is -0.548 e. The van der Waals surface area contributed by atoms with Crippen LogP contribution in [0, 0.1) is 5.41 Å². The van der Waals surface area contributed by atoms with E-state index in [2.05, 4.69) is 10.6 Å². The average Bonchev–Trinajstić information content (AvgIpc) is 2.54. The molecule has 0 rings (SSSR count). The summed E-state index contributed by atoms with van der Waals surface area (Å²) in [5.41, 5.74) is -1.97. The quantitative estimate of drug-likeness (QED) is 0.185. The zero-order valence-electron chi connectivity index (χ0n) is 15.1. The van der Waals surface area contributed by atoms with Crippen LogP contribution in [0.2, 0.25) is 0 Å². The maximum absolute atomic E-state index is 12.4. The molecule has 0 aliphatic rings. The van der Waals surface area contributed by atoms with Crippen molar-refractivity contribution in [2.75, 3.05) is 26.3 Å². The molecule has 0 saturated heterocycles. The van der Waals surface area contributed by atoms with Crippen LogP contribution in [-0.4, -0.2) is 62.3 Å². The van der Waals surface area contributed by atoms with Crippen molar-refractivity contribution >= 4 is 23.9 Å². The minimum absolute atomic E-state index is 0. The first kappa shape index (κ1) is 26.5. The van der Waals surface area contributed by atoms with E-state index in [1.165, 1.54) is 27.7 Å². The molecule has 0 saturated carbocycles. The van der Waals surface area contributed by atoms with Crippen LogP contribution in [-0.2, 0) is 45.1 Å². The van der Waals surface area contributed by atoms with Gasteiger partial charge in [-0.15, -0.1) is 0 Å². The molecule has 2 N–H and O–H groups in total. The van der Waals surface area contributed by atoms with Crippen LogP contribution in [0.25, 0.3) is 0 Å². The van der Waals surface area contributed by atoms with Gasteiger partial charge in [-0.05, 0) is 27.7 Å². The van der Waals surface area contributed by atoms with Crippen LogP contribution >= 0.6 is 0 Å². The molecule has 152 valence electrons. The summed E-state index contributed by atoms with van der Waals surface area (Å²) >= 11 is 0. The van der Waals surface area contributed by atoms with Gasteiger partial charge in [0.2, 0.25) is 0 Å². The summed E-state index contributed by atoms with van der Waals surface area (Å²) in [7, 11) is 0. The van der Waals surface area contributed by atoms with Gasteiger partial charge in [-0.1, -0.05) is 0 Å². The molecule has 0 radical (unpaired) electrons. The fourth-order valence-electron chi connectivity index (χ4n) is 1.79. The maximum Gasteiger partial charge on any atom is 2.00 e. The normalized spacial score (nSPS) is 13.1. The van der Waals surface area contributed by atoms with Crippen LogP contribution < -0.4 is 20.8 Å². The van der Waals surface area contributed by atoms with E-state index in [1.807, 2.05) is 0 Å². The van der Waals surface area contributed by atoms with Crippen molar-refractivity contribution in [1.82, 2.24) is 10.6 Å². The van der Waals surface area contributed by atoms with Crippen molar-refractivity contribution < 1.29 is 55.4 Å². The van der Waals surface area contributed by atoms with Gasteiger partial charge in [0.25, 0.3) is 0 Å². The summed E-state index contributed by atoms with van der Waals surface area (Å²) in [6.45, 7) is 4.63. The van der Waals surface area contributed by atoms with E-state index in [4.69, 9.17) is 9.47 Å². The maximum atomic E-state index is 12.4. The summed E-state index contributed by atoms with van der Waals surface area (Å²) < 4.78 is 9.83. The van der Waals surface area contributed by atoms with E-state index in [-0.39, 0.29) is 29.7 Å². The molecule has 0 aliphatic carbocycles. The number of aliphatic carboxylic acids is 2. The second-order valence-electron chi connectivity index (χ2n) is 5.37. The summed E-state index contributed by atoms with van der Waals surface area (Å²) in [6, 6.07) is -2.33. The molecule has 0 heterocycles. The monoisotopic (exact) mass is 418 g/mol. The van der Waals surface area contributed by atoms with E-state index in [9.17, 15) is 29.4 Å². The molecule has 0 aliphatic heterocycles. The fourth-order valence-corrected chi connectivity index (χ4v) is 1.79. The number of esters is 2. The average molecular weight is 419 g/mol. The number of carboxylic acids is 2. The molecule has 26 heavy (non-hydrogen) atoms. The van der Waals surface area contributed by atoms with Gasteiger partial charge in [0.1, 0.15) is 0 Å². The zero-order chi connectivity index (χ0) is 19.6. The summed E-state index contributed by atoms with van der Waals surface area (Å²) in [6.07, 6.45) is 0. The van der Waals surface area contributed by atoms with Crippen molar-refractivity contribution in [3.8, 4) is 0 Å². The SMILES string of the molecule is CCOC(=O)C(CNC(C)C(=O)[O-])(CNC(C)C(=O)[O-])C(=O)OCC.[Ni+2]. The second kappa shape index (κ2) is 12.6. The standard InChI is InChI=1S/C15H26N2O8.Ni/c1-5-24-13(22)15(14(23)25-6-2,7-16-9(3)11(18)19)8-17-10(4)12(20)21;/h9-10,16-17H,5-8H2,1-4H3,(H,18,19)(H,20,21);/q;+2/p-2. The molecular formula is C15H24N2NiO8. The van der Waals surface area contributed by atoms with Crippen LogP contribution in [0.5, 0.6) is 0 Å². The zero-order valence-corrected chi connectivity index (χ0v) is 16.1. The Morgan fingerprint density at radius 2 is 1.15 bits per heavy atom. The predicted octanol–water partition coefficient (Wildman–Crippen LogP) is -3.45. The molecule has 0 aromatic heterocycles. The Hall–Kier alpha value is -1.71. The smallest absolute Gasteiger partial charge is 0.548 e. The topological polar surface area (TPSA) is 157 Å². The third-order valence-corrected chi connectivity index (χ3v) is 3.46. The number of carboxylic acid groups (broad SMARTS) is 2. The van der Waals surface area contributed by atoms with Gasteiger partial charge in [0.05, 0.1) is 25.2 Å². The van der Waals surface area contributed by atoms with Crippen molar-refractivity contribution in [3.63, 3.8) is 0 Å². The second-order valence-corrected chi connectivity index (χ2v) is 5.37. The van der Waals surface area contributed by atoms with Crippen LogP contribution in [0.4, 0.5) is 0 Å². The van der Waals surface area contributed by atoms with Crippen LogP contribution in [0.15, 0.2) is 0 Å². The van der Waals surface area contributed by atoms with Gasteiger partial charge < -0.3 is 39.9 Å². The molecular weight excluding hydrogens is 395 g/mol. The van der Waals surface area contributed by atoms with Gasteiger partial charge >= 0.3 is 28.4 Å². The number of ether oxygens (including phenoxy) is 2. The Balaban J connectivity index is 0. The number of rotatable bonds is 12. The number of hydrogen-bond acceptors (Lipinski definition) is 10. The van der Waals surface area contributed by atoms with E-state index in [1.54, 1.807) is 0 Å². The minimum atomic E-state index is -1.97. The number of hydrogen-bond donors (Lipinski definition) is 2. The van der Waals surface area contributed by atoms with Crippen LogP contribution in [0.1, 0.15) is 27.7 Å². The van der Waals surface area contributed by atoms with E-state index in [0.717, 1.165) is 0 Å². The van der Waals surface area contributed by atoms with Crippen LogP contribution in [0.3, 0.4) is 0 Å². The molecule has 0 spiro atoms. The van der Waals surface area contributed by atoms with E-state index < -0.39 is 54.5 Å². The molecule has 2 unspecified atom stereocenters. The predicted molar refractivity (Wildman–Crippen MR) is 80.6 cm³/mol. The van der Waals surface area contributed by atoms with Gasteiger partial charge in [-0.25, -0.2) is 0 Å². The van der Waals surface area contributed by atoms with Gasteiger partial charge in [0, 0.05) is 25.2 Å². The Morgan fingerprint density at radius 3 is 1.38 bits per heavy atom. The van der Waals surface area contributed by atoms with Crippen molar-refractivity contribution in [2.45, 2.75) is 39.8 Å². The number of nitrogens with one attached hydrogen (secondary N) is 2. The third kappa shape index (κ3) is 7.67. The first-order valence-corrected chi connectivity index (χ1v) is 7.85. The number of carbonyl (C=O) groups excluding carboxylic acids is 4. The molecule has 2 atom stereocenters.